The van der Waals surface area contributed by atoms with Gasteiger partial charge >= 0.3 is 0 Å². The van der Waals surface area contributed by atoms with E-state index < -0.39 is 10.2 Å². The van der Waals surface area contributed by atoms with Crippen LogP contribution in [0.2, 0.25) is 0 Å². The zero-order valence-corrected chi connectivity index (χ0v) is 10.7. The van der Waals surface area contributed by atoms with Crippen molar-refractivity contribution in [3.8, 4) is 0 Å². The van der Waals surface area contributed by atoms with E-state index in [9.17, 15) is 8.42 Å². The Morgan fingerprint density at radius 2 is 2.00 bits per heavy atom. The highest BCUT2D eigenvalue weighted by atomic mass is 32.2. The molecule has 7 heteroatoms. The zero-order valence-electron chi connectivity index (χ0n) is 9.92. The van der Waals surface area contributed by atoms with Gasteiger partial charge in [-0.15, -0.1) is 0 Å². The molecule has 1 heterocycles. The van der Waals surface area contributed by atoms with Gasteiger partial charge in [0.1, 0.15) is 0 Å². The van der Waals surface area contributed by atoms with E-state index in [1.54, 1.807) is 7.05 Å². The number of nitrogens with two attached hydrogens (primary N) is 1. The van der Waals surface area contributed by atoms with E-state index in [0.29, 0.717) is 39.3 Å². The number of hydrogen-bond donors (Lipinski definition) is 1. The van der Waals surface area contributed by atoms with Crippen LogP contribution < -0.4 is 5.73 Å². The van der Waals surface area contributed by atoms with E-state index in [0.717, 1.165) is 0 Å². The molecule has 1 aliphatic rings. The molecule has 1 saturated heterocycles. The first-order valence-corrected chi connectivity index (χ1v) is 6.90. The van der Waals surface area contributed by atoms with Gasteiger partial charge in [-0.1, -0.05) is 0 Å². The van der Waals surface area contributed by atoms with Gasteiger partial charge in [-0.2, -0.15) is 17.0 Å². The standard InChI is InChI=1S/C9H21N3O3S/c1-9(3-4-10)11(2)16(13,14)12-5-7-15-8-6-12/h9H,3-8,10H2,1-2H3. The Labute approximate surface area is 97.5 Å². The van der Waals surface area contributed by atoms with Crippen LogP contribution in [0.3, 0.4) is 0 Å². The minimum atomic E-state index is -3.35. The molecule has 16 heavy (non-hydrogen) atoms. The van der Waals surface area contributed by atoms with Crippen LogP contribution in [0.1, 0.15) is 13.3 Å². The van der Waals surface area contributed by atoms with Crippen LogP contribution in [0.15, 0.2) is 0 Å². The summed E-state index contributed by atoms with van der Waals surface area (Å²) < 4.78 is 32.3. The smallest absolute Gasteiger partial charge is 0.282 e. The van der Waals surface area contributed by atoms with Gasteiger partial charge in [-0.05, 0) is 19.9 Å². The van der Waals surface area contributed by atoms with Crippen LogP contribution in [0.4, 0.5) is 0 Å². The van der Waals surface area contributed by atoms with Gasteiger partial charge in [0.25, 0.3) is 10.2 Å². The molecule has 0 aliphatic carbocycles. The third kappa shape index (κ3) is 3.14. The molecule has 0 aromatic heterocycles. The second-order valence-corrected chi connectivity index (χ2v) is 5.95. The van der Waals surface area contributed by atoms with Crippen LogP contribution in [-0.2, 0) is 14.9 Å². The van der Waals surface area contributed by atoms with Crippen molar-refractivity contribution in [2.45, 2.75) is 19.4 Å². The van der Waals surface area contributed by atoms with Gasteiger partial charge in [0.15, 0.2) is 0 Å². The number of rotatable bonds is 5. The summed E-state index contributed by atoms with van der Waals surface area (Å²) in [7, 11) is -1.75. The summed E-state index contributed by atoms with van der Waals surface area (Å²) in [4.78, 5) is 0. The SMILES string of the molecule is CC(CCN)N(C)S(=O)(=O)N1CCOCC1. The fourth-order valence-corrected chi connectivity index (χ4v) is 3.14. The quantitative estimate of drug-likeness (QED) is 0.696. The average Bonchev–Trinajstić information content (AvgIpc) is 2.29. The highest BCUT2D eigenvalue weighted by Crippen LogP contribution is 2.13. The predicted molar refractivity (Wildman–Crippen MR) is 62.2 cm³/mol. The first-order chi connectivity index (χ1) is 7.50. The molecule has 2 N–H and O–H groups in total. The van der Waals surface area contributed by atoms with Crippen LogP contribution in [0, 0.1) is 0 Å². The molecule has 0 radical (unpaired) electrons. The van der Waals surface area contributed by atoms with E-state index in [-0.39, 0.29) is 6.04 Å². The molecule has 6 nitrogen and oxygen atoms in total. The van der Waals surface area contributed by atoms with E-state index in [1.165, 1.54) is 8.61 Å². The Hall–Kier alpha value is -0.210. The van der Waals surface area contributed by atoms with Gasteiger partial charge in [-0.25, -0.2) is 0 Å². The van der Waals surface area contributed by atoms with Crippen LogP contribution >= 0.6 is 0 Å². The summed E-state index contributed by atoms with van der Waals surface area (Å²) in [6.07, 6.45) is 0.667. The van der Waals surface area contributed by atoms with Crippen molar-refractivity contribution in [1.82, 2.24) is 8.61 Å². The van der Waals surface area contributed by atoms with Crippen LogP contribution in [0.25, 0.3) is 0 Å². The molecule has 1 atom stereocenters. The fraction of sp³-hybridized carbons (Fsp3) is 1.00. The van der Waals surface area contributed by atoms with Crippen LogP contribution in [0.5, 0.6) is 0 Å². The minimum absolute atomic E-state index is 0.0714. The van der Waals surface area contributed by atoms with Crippen molar-refractivity contribution in [2.24, 2.45) is 5.73 Å². The molecular formula is C9H21N3O3S. The summed E-state index contributed by atoms with van der Waals surface area (Å²) in [6.45, 7) is 4.16. The van der Waals surface area contributed by atoms with Crippen molar-refractivity contribution in [1.29, 1.82) is 0 Å². The lowest BCUT2D eigenvalue weighted by molar-refractivity contribution is 0.0699. The Morgan fingerprint density at radius 1 is 1.44 bits per heavy atom. The van der Waals surface area contributed by atoms with Gasteiger partial charge in [-0.3, -0.25) is 0 Å². The zero-order chi connectivity index (χ0) is 12.2. The third-order valence-corrected chi connectivity index (χ3v) is 4.97. The second kappa shape index (κ2) is 5.92. The van der Waals surface area contributed by atoms with E-state index >= 15 is 0 Å². The van der Waals surface area contributed by atoms with Crippen molar-refractivity contribution in [3.63, 3.8) is 0 Å². The normalized spacial score (nSPS) is 21.2. The maximum atomic E-state index is 12.2. The van der Waals surface area contributed by atoms with E-state index in [4.69, 9.17) is 10.5 Å². The minimum Gasteiger partial charge on any atom is -0.379 e. The van der Waals surface area contributed by atoms with Crippen LogP contribution in [-0.4, -0.2) is 63.0 Å². The second-order valence-electron chi connectivity index (χ2n) is 3.96. The predicted octanol–water partition coefficient (Wildman–Crippen LogP) is -0.767. The Bertz CT molecular complexity index is 301. The summed E-state index contributed by atoms with van der Waals surface area (Å²) in [6, 6.07) is -0.0714. The summed E-state index contributed by atoms with van der Waals surface area (Å²) in [5, 5.41) is 0. The first kappa shape index (κ1) is 13.9. The number of hydrogen-bond acceptors (Lipinski definition) is 4. The first-order valence-electron chi connectivity index (χ1n) is 5.51. The molecule has 1 fully saturated rings. The Balaban J connectivity index is 2.67. The molecule has 0 aromatic rings. The lowest BCUT2D eigenvalue weighted by Gasteiger charge is -2.32. The van der Waals surface area contributed by atoms with Gasteiger partial charge in [0.05, 0.1) is 13.2 Å². The number of morpholine rings is 1. The fourth-order valence-electron chi connectivity index (χ4n) is 1.61. The van der Waals surface area contributed by atoms with Crippen molar-refractivity contribution < 1.29 is 13.2 Å². The van der Waals surface area contributed by atoms with Gasteiger partial charge in [0, 0.05) is 26.2 Å². The molecule has 1 aliphatic heterocycles. The van der Waals surface area contributed by atoms with Gasteiger partial charge in [0.2, 0.25) is 0 Å². The summed E-state index contributed by atoms with van der Waals surface area (Å²) in [5.74, 6) is 0. The highest BCUT2D eigenvalue weighted by molar-refractivity contribution is 7.86. The molecule has 96 valence electrons. The van der Waals surface area contributed by atoms with Crippen molar-refractivity contribution in [2.75, 3.05) is 39.9 Å². The summed E-state index contributed by atoms with van der Waals surface area (Å²) in [5.41, 5.74) is 5.43. The third-order valence-electron chi connectivity index (χ3n) is 2.87. The monoisotopic (exact) mass is 251 g/mol. The maximum absolute atomic E-state index is 12.2. The number of ether oxygens (including phenoxy) is 1. The largest absolute Gasteiger partial charge is 0.379 e. The Morgan fingerprint density at radius 3 is 2.50 bits per heavy atom. The number of nitrogens with zero attached hydrogens (tertiary/aromatic N) is 2. The topological polar surface area (TPSA) is 75.9 Å². The van der Waals surface area contributed by atoms with Crippen molar-refractivity contribution >= 4 is 10.2 Å². The highest BCUT2D eigenvalue weighted by Gasteiger charge is 2.30. The summed E-state index contributed by atoms with van der Waals surface area (Å²) >= 11 is 0. The molecule has 0 saturated carbocycles. The van der Waals surface area contributed by atoms with Crippen molar-refractivity contribution in [3.05, 3.63) is 0 Å². The molecule has 0 aromatic carbocycles. The van der Waals surface area contributed by atoms with Gasteiger partial charge < -0.3 is 10.5 Å². The Kier molecular flexibility index (Phi) is 5.13. The molecular weight excluding hydrogens is 230 g/mol. The van der Waals surface area contributed by atoms with E-state index in [1.807, 2.05) is 6.92 Å². The molecule has 1 rings (SSSR count). The van der Waals surface area contributed by atoms with E-state index in [2.05, 4.69) is 0 Å². The molecule has 0 spiro atoms. The molecule has 0 bridgehead atoms. The average molecular weight is 251 g/mol. The lowest BCUT2D eigenvalue weighted by atomic mass is 10.2. The maximum Gasteiger partial charge on any atom is 0.282 e. The lowest BCUT2D eigenvalue weighted by Crippen LogP contribution is -2.50. The molecule has 1 unspecified atom stereocenters. The molecule has 0 amide bonds.